The lowest BCUT2D eigenvalue weighted by molar-refractivity contribution is -0.402. The van der Waals surface area contributed by atoms with Gasteiger partial charge in [-0.05, 0) is 61.2 Å². The SMILES string of the molecule is CCOc1ccc2nc3cc(N=C4NC(=O)/C(=C\c5ccc([N+](=O)[O-])o5)S4)ccc3c(N)c2c1. The van der Waals surface area contributed by atoms with Gasteiger partial charge in [-0.25, -0.2) is 9.98 Å². The highest BCUT2D eigenvalue weighted by Gasteiger charge is 2.25. The first kappa shape index (κ1) is 21.5. The molecule has 3 N–H and O–H groups in total. The Morgan fingerprint density at radius 2 is 2.06 bits per heavy atom. The number of aromatic nitrogens is 1. The van der Waals surface area contributed by atoms with Crippen molar-refractivity contribution in [2.75, 3.05) is 12.3 Å². The zero-order valence-electron chi connectivity index (χ0n) is 17.8. The van der Waals surface area contributed by atoms with E-state index in [2.05, 4.69) is 10.3 Å². The van der Waals surface area contributed by atoms with Crippen LogP contribution in [0.5, 0.6) is 5.75 Å². The van der Waals surface area contributed by atoms with E-state index in [1.807, 2.05) is 31.2 Å². The standard InChI is InChI=1S/C23H17N5O5S/c1-2-32-13-4-7-17-16(10-13)21(24)15-6-3-12(9-18(15)26-17)25-23-27-22(29)19(34-23)11-14-5-8-20(33-14)28(30)31/h3-11H,2H2,1H3,(H2,24,26)(H,25,27,29)/b19-11+. The third kappa shape index (κ3) is 4.04. The van der Waals surface area contributed by atoms with Gasteiger partial charge in [-0.15, -0.1) is 0 Å². The van der Waals surface area contributed by atoms with Gasteiger partial charge in [-0.2, -0.15) is 0 Å². The number of anilines is 1. The normalized spacial score (nSPS) is 16.0. The van der Waals surface area contributed by atoms with Crippen LogP contribution in [0.1, 0.15) is 12.7 Å². The summed E-state index contributed by atoms with van der Waals surface area (Å²) in [7, 11) is 0. The van der Waals surface area contributed by atoms with Crippen molar-refractivity contribution in [2.24, 2.45) is 4.99 Å². The zero-order chi connectivity index (χ0) is 23.8. The number of thioether (sulfide) groups is 1. The Kier molecular flexibility index (Phi) is 5.38. The summed E-state index contributed by atoms with van der Waals surface area (Å²) in [4.78, 5) is 31.9. The second-order valence-corrected chi connectivity index (χ2v) is 8.28. The summed E-state index contributed by atoms with van der Waals surface area (Å²) in [6, 6.07) is 13.7. The molecule has 0 radical (unpaired) electrons. The number of pyridine rings is 1. The molecule has 0 saturated carbocycles. The quantitative estimate of drug-likeness (QED) is 0.182. The Labute approximate surface area is 196 Å². The zero-order valence-corrected chi connectivity index (χ0v) is 18.6. The largest absolute Gasteiger partial charge is 0.494 e. The molecule has 1 aliphatic heterocycles. The van der Waals surface area contributed by atoms with E-state index in [1.54, 1.807) is 12.1 Å². The van der Waals surface area contributed by atoms with Crippen LogP contribution in [0.4, 0.5) is 17.3 Å². The van der Waals surface area contributed by atoms with E-state index in [0.717, 1.165) is 33.8 Å². The van der Waals surface area contributed by atoms with Crippen LogP contribution in [-0.2, 0) is 4.79 Å². The van der Waals surface area contributed by atoms with Gasteiger partial charge in [0.1, 0.15) is 16.4 Å². The number of ether oxygens (including phenoxy) is 1. The fourth-order valence-electron chi connectivity index (χ4n) is 3.51. The van der Waals surface area contributed by atoms with Crippen LogP contribution >= 0.6 is 11.8 Å². The maximum absolute atomic E-state index is 12.3. The number of furan rings is 1. The van der Waals surface area contributed by atoms with E-state index in [0.29, 0.717) is 33.6 Å². The number of nitrogens with zero attached hydrogens (tertiary/aromatic N) is 3. The minimum Gasteiger partial charge on any atom is -0.494 e. The highest BCUT2D eigenvalue weighted by Crippen LogP contribution is 2.34. The summed E-state index contributed by atoms with van der Waals surface area (Å²) in [6.07, 6.45) is 1.43. The molecule has 4 aromatic rings. The molecule has 0 spiro atoms. The number of hydrogen-bond donors (Lipinski definition) is 2. The highest BCUT2D eigenvalue weighted by atomic mass is 32.2. The van der Waals surface area contributed by atoms with Gasteiger partial charge >= 0.3 is 5.88 Å². The van der Waals surface area contributed by atoms with E-state index in [1.165, 1.54) is 18.2 Å². The van der Waals surface area contributed by atoms with E-state index < -0.39 is 10.8 Å². The number of hydrogen-bond acceptors (Lipinski definition) is 9. The van der Waals surface area contributed by atoms with E-state index in [4.69, 9.17) is 19.9 Å². The first-order valence-electron chi connectivity index (χ1n) is 10.2. The van der Waals surface area contributed by atoms with Crippen molar-refractivity contribution in [1.82, 2.24) is 10.3 Å². The predicted octanol–water partition coefficient (Wildman–Crippen LogP) is 4.76. The number of fused-ring (bicyclic) bond motifs is 2. The minimum atomic E-state index is -0.641. The number of amidine groups is 1. The smallest absolute Gasteiger partial charge is 0.433 e. The maximum atomic E-state index is 12.3. The first-order valence-corrected chi connectivity index (χ1v) is 11.0. The monoisotopic (exact) mass is 475 g/mol. The predicted molar refractivity (Wildman–Crippen MR) is 131 cm³/mol. The second-order valence-electron chi connectivity index (χ2n) is 7.25. The number of rotatable bonds is 5. The molecule has 10 nitrogen and oxygen atoms in total. The van der Waals surface area contributed by atoms with Gasteiger partial charge in [0.2, 0.25) is 0 Å². The Hall–Kier alpha value is -4.38. The molecule has 3 heterocycles. The van der Waals surface area contributed by atoms with Crippen molar-refractivity contribution >= 4 is 68.0 Å². The average molecular weight is 475 g/mol. The van der Waals surface area contributed by atoms with Crippen LogP contribution in [0, 0.1) is 10.1 Å². The van der Waals surface area contributed by atoms with Crippen LogP contribution in [0.3, 0.4) is 0 Å². The average Bonchev–Trinajstić information content (AvgIpc) is 3.41. The molecule has 5 rings (SSSR count). The Morgan fingerprint density at radius 1 is 1.21 bits per heavy atom. The topological polar surface area (TPSA) is 146 Å². The molecule has 1 fully saturated rings. The summed E-state index contributed by atoms with van der Waals surface area (Å²) in [6.45, 7) is 2.48. The molecule has 1 saturated heterocycles. The van der Waals surface area contributed by atoms with Crippen LogP contribution < -0.4 is 15.8 Å². The van der Waals surface area contributed by atoms with Crippen molar-refractivity contribution in [3.05, 3.63) is 69.3 Å². The van der Waals surface area contributed by atoms with Gasteiger partial charge < -0.3 is 20.2 Å². The molecule has 11 heteroatoms. The van der Waals surface area contributed by atoms with Crippen molar-refractivity contribution in [2.45, 2.75) is 6.92 Å². The number of amides is 1. The fraction of sp³-hybridized carbons (Fsp3) is 0.0870. The van der Waals surface area contributed by atoms with Crippen molar-refractivity contribution in [1.29, 1.82) is 0 Å². The molecule has 0 unspecified atom stereocenters. The molecular formula is C23H17N5O5S. The van der Waals surface area contributed by atoms with Crippen LogP contribution in [0.2, 0.25) is 0 Å². The van der Waals surface area contributed by atoms with Crippen LogP contribution in [-0.4, -0.2) is 27.6 Å². The lowest BCUT2D eigenvalue weighted by Gasteiger charge is -2.09. The molecule has 1 amide bonds. The summed E-state index contributed by atoms with van der Waals surface area (Å²) in [5.41, 5.74) is 9.00. The second kappa shape index (κ2) is 8.52. The molecule has 34 heavy (non-hydrogen) atoms. The minimum absolute atomic E-state index is 0.204. The van der Waals surface area contributed by atoms with Gasteiger partial charge in [0.05, 0.1) is 40.0 Å². The molecule has 1 aliphatic rings. The van der Waals surface area contributed by atoms with Gasteiger partial charge in [-0.3, -0.25) is 14.9 Å². The highest BCUT2D eigenvalue weighted by molar-refractivity contribution is 8.18. The molecule has 2 aromatic heterocycles. The molecule has 0 bridgehead atoms. The van der Waals surface area contributed by atoms with Crippen molar-refractivity contribution in [3.8, 4) is 5.75 Å². The van der Waals surface area contributed by atoms with Gasteiger partial charge in [0, 0.05) is 16.8 Å². The number of nitrogens with two attached hydrogens (primary N) is 1. The third-order valence-corrected chi connectivity index (χ3v) is 5.94. The Bertz CT molecular complexity index is 1540. The number of aliphatic imine (C=N–C) groups is 1. The lowest BCUT2D eigenvalue weighted by Crippen LogP contribution is -2.19. The third-order valence-electron chi connectivity index (χ3n) is 5.03. The van der Waals surface area contributed by atoms with Crippen molar-refractivity contribution in [3.63, 3.8) is 0 Å². The molecule has 170 valence electrons. The molecule has 2 aromatic carbocycles. The summed E-state index contributed by atoms with van der Waals surface area (Å²) >= 11 is 1.10. The number of nitrogen functional groups attached to an aromatic ring is 1. The van der Waals surface area contributed by atoms with Gasteiger partial charge in [0.15, 0.2) is 5.17 Å². The number of nitro groups is 1. The van der Waals surface area contributed by atoms with Gasteiger partial charge in [-0.1, -0.05) is 0 Å². The number of benzene rings is 2. The summed E-state index contributed by atoms with van der Waals surface area (Å²) < 4.78 is 10.7. The lowest BCUT2D eigenvalue weighted by atomic mass is 10.1. The van der Waals surface area contributed by atoms with Gasteiger partial charge in [0.25, 0.3) is 5.91 Å². The number of carbonyl (C=O) groups is 1. The Balaban J connectivity index is 1.45. The fourth-order valence-corrected chi connectivity index (χ4v) is 4.34. The maximum Gasteiger partial charge on any atom is 0.433 e. The summed E-state index contributed by atoms with van der Waals surface area (Å²) in [5, 5.41) is 15.4. The Morgan fingerprint density at radius 3 is 2.82 bits per heavy atom. The van der Waals surface area contributed by atoms with Crippen LogP contribution in [0.25, 0.3) is 27.9 Å². The van der Waals surface area contributed by atoms with Crippen LogP contribution in [0.15, 0.2) is 62.8 Å². The van der Waals surface area contributed by atoms with E-state index in [-0.39, 0.29) is 11.7 Å². The molecular weight excluding hydrogens is 458 g/mol. The van der Waals surface area contributed by atoms with Crippen molar-refractivity contribution < 1.29 is 18.9 Å². The molecule has 0 aliphatic carbocycles. The number of carbonyl (C=O) groups excluding carboxylic acids is 1. The number of nitrogens with one attached hydrogen (secondary N) is 1. The summed E-state index contributed by atoms with van der Waals surface area (Å²) in [5.74, 6) is 0.166. The van der Waals surface area contributed by atoms with E-state index >= 15 is 0 Å². The van der Waals surface area contributed by atoms with E-state index in [9.17, 15) is 14.9 Å². The molecule has 0 atom stereocenters. The first-order chi connectivity index (χ1) is 16.4.